The zero-order valence-electron chi connectivity index (χ0n) is 27.5. The van der Waals surface area contributed by atoms with Crippen molar-refractivity contribution in [2.45, 2.75) is 220 Å². The van der Waals surface area contributed by atoms with E-state index in [-0.39, 0.29) is 0 Å². The standard InChI is InChI=1S/C38H76/c1-5-9-13-17-21-25-29-35-33-37(31-27-23-19-15-11-7-3)38(32-28-24-20-16-12-8-4)34-36(35)30-26-22-18-14-10-6-2/h35-38H,5-34H2,1-4H3. The van der Waals surface area contributed by atoms with Gasteiger partial charge in [0.25, 0.3) is 0 Å². The van der Waals surface area contributed by atoms with Crippen molar-refractivity contribution in [1.29, 1.82) is 0 Å². The second-order valence-corrected chi connectivity index (χ2v) is 13.7. The van der Waals surface area contributed by atoms with Gasteiger partial charge in [0.15, 0.2) is 0 Å². The van der Waals surface area contributed by atoms with Crippen molar-refractivity contribution in [3.8, 4) is 0 Å². The van der Waals surface area contributed by atoms with E-state index in [1.54, 1.807) is 38.5 Å². The molecule has 0 N–H and O–H groups in total. The van der Waals surface area contributed by atoms with Gasteiger partial charge in [0.05, 0.1) is 0 Å². The fourth-order valence-electron chi connectivity index (χ4n) is 7.71. The SMILES string of the molecule is CCCCCCCCC1CC(CCCCCCCC)C(CCCCCCCC)CC1CCCCCCCC. The molecular formula is C38H76. The van der Waals surface area contributed by atoms with Crippen LogP contribution in [-0.4, -0.2) is 0 Å². The Labute approximate surface area is 243 Å². The van der Waals surface area contributed by atoms with Gasteiger partial charge >= 0.3 is 0 Å². The van der Waals surface area contributed by atoms with Crippen LogP contribution in [-0.2, 0) is 0 Å². The molecule has 38 heavy (non-hydrogen) atoms. The Bertz CT molecular complexity index is 371. The molecule has 0 heterocycles. The zero-order valence-corrected chi connectivity index (χ0v) is 27.5. The lowest BCUT2D eigenvalue weighted by atomic mass is 9.63. The second-order valence-electron chi connectivity index (χ2n) is 13.7. The number of unbranched alkanes of at least 4 members (excludes halogenated alkanes) is 20. The van der Waals surface area contributed by atoms with Crippen molar-refractivity contribution >= 4 is 0 Å². The fraction of sp³-hybridized carbons (Fsp3) is 1.00. The van der Waals surface area contributed by atoms with Gasteiger partial charge in [0.2, 0.25) is 0 Å². The van der Waals surface area contributed by atoms with E-state index in [4.69, 9.17) is 0 Å². The molecule has 1 saturated carbocycles. The van der Waals surface area contributed by atoms with Crippen LogP contribution in [0.15, 0.2) is 0 Å². The first-order chi connectivity index (χ1) is 18.8. The summed E-state index contributed by atoms with van der Waals surface area (Å²) in [6, 6.07) is 0. The minimum absolute atomic E-state index is 1.06. The van der Waals surface area contributed by atoms with Crippen LogP contribution in [0.3, 0.4) is 0 Å². The Morgan fingerprint density at radius 3 is 0.658 bits per heavy atom. The first-order valence-corrected chi connectivity index (χ1v) is 18.8. The minimum atomic E-state index is 1.06. The minimum Gasteiger partial charge on any atom is -0.0654 e. The topological polar surface area (TPSA) is 0 Å². The first-order valence-electron chi connectivity index (χ1n) is 18.8. The van der Waals surface area contributed by atoms with Crippen molar-refractivity contribution in [2.24, 2.45) is 23.7 Å². The van der Waals surface area contributed by atoms with Gasteiger partial charge < -0.3 is 0 Å². The Kier molecular flexibility index (Phi) is 25.8. The van der Waals surface area contributed by atoms with Gasteiger partial charge in [-0.3, -0.25) is 0 Å². The average Bonchev–Trinajstić information content (AvgIpc) is 2.93. The van der Waals surface area contributed by atoms with Gasteiger partial charge in [-0.15, -0.1) is 0 Å². The molecule has 0 aromatic carbocycles. The predicted molar refractivity (Wildman–Crippen MR) is 175 cm³/mol. The van der Waals surface area contributed by atoms with Gasteiger partial charge in [-0.2, -0.15) is 0 Å². The van der Waals surface area contributed by atoms with E-state index in [0.29, 0.717) is 0 Å². The summed E-state index contributed by atoms with van der Waals surface area (Å²) >= 11 is 0. The van der Waals surface area contributed by atoms with E-state index in [1.807, 2.05) is 0 Å². The molecule has 0 bridgehead atoms. The quantitative estimate of drug-likeness (QED) is 0.0879. The highest BCUT2D eigenvalue weighted by Gasteiger charge is 2.35. The van der Waals surface area contributed by atoms with Crippen molar-refractivity contribution in [2.75, 3.05) is 0 Å². The summed E-state index contributed by atoms with van der Waals surface area (Å²) in [6.07, 6.45) is 44.7. The molecule has 0 aliphatic heterocycles. The van der Waals surface area contributed by atoms with Crippen LogP contribution in [0.5, 0.6) is 0 Å². The maximum atomic E-state index is 2.35. The molecule has 4 unspecified atom stereocenters. The average molecular weight is 533 g/mol. The maximum Gasteiger partial charge on any atom is -0.0383 e. The molecule has 1 aliphatic carbocycles. The van der Waals surface area contributed by atoms with Crippen molar-refractivity contribution in [3.05, 3.63) is 0 Å². The molecule has 0 heteroatoms. The Balaban J connectivity index is 2.65. The molecule has 1 aliphatic rings. The summed E-state index contributed by atoms with van der Waals surface area (Å²) in [7, 11) is 0. The Hall–Kier alpha value is 0. The van der Waals surface area contributed by atoms with E-state index in [0.717, 1.165) is 23.7 Å². The van der Waals surface area contributed by atoms with Gasteiger partial charge in [-0.05, 0) is 36.5 Å². The van der Waals surface area contributed by atoms with Crippen LogP contribution in [0.4, 0.5) is 0 Å². The molecule has 0 radical (unpaired) electrons. The van der Waals surface area contributed by atoms with Crippen LogP contribution >= 0.6 is 0 Å². The third-order valence-corrected chi connectivity index (χ3v) is 10.3. The molecule has 0 aromatic rings. The molecule has 1 rings (SSSR count). The number of rotatable bonds is 28. The molecule has 0 saturated heterocycles. The summed E-state index contributed by atoms with van der Waals surface area (Å²) < 4.78 is 0. The van der Waals surface area contributed by atoms with E-state index in [2.05, 4.69) is 27.7 Å². The van der Waals surface area contributed by atoms with E-state index >= 15 is 0 Å². The largest absolute Gasteiger partial charge is 0.0654 e. The Morgan fingerprint density at radius 1 is 0.263 bits per heavy atom. The van der Waals surface area contributed by atoms with Crippen molar-refractivity contribution in [1.82, 2.24) is 0 Å². The van der Waals surface area contributed by atoms with E-state index in [1.165, 1.54) is 154 Å². The van der Waals surface area contributed by atoms with Crippen LogP contribution in [0.25, 0.3) is 0 Å². The second kappa shape index (κ2) is 27.2. The van der Waals surface area contributed by atoms with Crippen molar-refractivity contribution < 1.29 is 0 Å². The molecular weight excluding hydrogens is 456 g/mol. The van der Waals surface area contributed by atoms with Crippen LogP contribution in [0.1, 0.15) is 220 Å². The highest BCUT2D eigenvalue weighted by Crippen LogP contribution is 2.46. The number of hydrogen-bond acceptors (Lipinski definition) is 0. The fourth-order valence-corrected chi connectivity index (χ4v) is 7.71. The van der Waals surface area contributed by atoms with Crippen LogP contribution in [0.2, 0.25) is 0 Å². The summed E-state index contributed by atoms with van der Waals surface area (Å²) in [6.45, 7) is 9.39. The molecule has 1 fully saturated rings. The van der Waals surface area contributed by atoms with Gasteiger partial charge in [-0.25, -0.2) is 0 Å². The molecule has 0 amide bonds. The van der Waals surface area contributed by atoms with Gasteiger partial charge in [-0.1, -0.05) is 207 Å². The third kappa shape index (κ3) is 19.1. The normalized spacial score (nSPS) is 21.8. The molecule has 0 aromatic heterocycles. The summed E-state index contributed by atoms with van der Waals surface area (Å²) in [5, 5.41) is 0. The summed E-state index contributed by atoms with van der Waals surface area (Å²) in [5.74, 6) is 4.23. The molecule has 0 spiro atoms. The summed E-state index contributed by atoms with van der Waals surface area (Å²) in [4.78, 5) is 0. The lowest BCUT2D eigenvalue weighted by molar-refractivity contribution is 0.0814. The third-order valence-electron chi connectivity index (χ3n) is 10.3. The van der Waals surface area contributed by atoms with E-state index < -0.39 is 0 Å². The van der Waals surface area contributed by atoms with Crippen LogP contribution < -0.4 is 0 Å². The monoisotopic (exact) mass is 533 g/mol. The highest BCUT2D eigenvalue weighted by molar-refractivity contribution is 4.86. The highest BCUT2D eigenvalue weighted by atomic mass is 14.4. The van der Waals surface area contributed by atoms with E-state index in [9.17, 15) is 0 Å². The summed E-state index contributed by atoms with van der Waals surface area (Å²) in [5.41, 5.74) is 0. The van der Waals surface area contributed by atoms with Gasteiger partial charge in [0, 0.05) is 0 Å². The number of hydrogen-bond donors (Lipinski definition) is 0. The lowest BCUT2D eigenvalue weighted by Crippen LogP contribution is -2.32. The maximum absolute atomic E-state index is 2.35. The molecule has 4 atom stereocenters. The zero-order chi connectivity index (χ0) is 27.5. The van der Waals surface area contributed by atoms with Gasteiger partial charge in [0.1, 0.15) is 0 Å². The molecule has 0 nitrogen and oxygen atoms in total. The lowest BCUT2D eigenvalue weighted by Gasteiger charge is -2.42. The first kappa shape index (κ1) is 36.0. The van der Waals surface area contributed by atoms with Crippen molar-refractivity contribution in [3.63, 3.8) is 0 Å². The predicted octanol–water partition coefficient (Wildman–Crippen LogP) is 14.2. The molecule has 228 valence electrons. The Morgan fingerprint density at radius 2 is 0.447 bits per heavy atom. The smallest absolute Gasteiger partial charge is 0.0383 e. The van der Waals surface area contributed by atoms with Crippen LogP contribution in [0, 0.1) is 23.7 Å².